The highest BCUT2D eigenvalue weighted by atomic mass is 16.5. The number of morpholine rings is 1. The minimum absolute atomic E-state index is 0.0957. The Balaban J connectivity index is 1.46. The molecule has 0 unspecified atom stereocenters. The fourth-order valence-electron chi connectivity index (χ4n) is 3.92. The number of carbonyl (C=O) groups is 2. The van der Waals surface area contributed by atoms with E-state index in [1.807, 2.05) is 42.5 Å². The van der Waals surface area contributed by atoms with E-state index in [0.717, 1.165) is 57.1 Å². The third-order valence-electron chi connectivity index (χ3n) is 5.57. The minimum atomic E-state index is -0.105. The predicted molar refractivity (Wildman–Crippen MR) is 112 cm³/mol. The highest BCUT2D eigenvalue weighted by Gasteiger charge is 2.23. The van der Waals surface area contributed by atoms with E-state index in [9.17, 15) is 9.59 Å². The van der Waals surface area contributed by atoms with Crippen LogP contribution in [0.5, 0.6) is 0 Å². The molecule has 0 spiro atoms. The molecule has 2 fully saturated rings. The van der Waals surface area contributed by atoms with Crippen LogP contribution < -0.4 is 10.2 Å². The number of nitrogens with one attached hydrogen (secondary N) is 1. The minimum Gasteiger partial charge on any atom is -0.379 e. The first kappa shape index (κ1) is 19.6. The summed E-state index contributed by atoms with van der Waals surface area (Å²) in [6.45, 7) is 4.70. The molecule has 0 aliphatic carbocycles. The predicted octanol–water partition coefficient (Wildman–Crippen LogP) is 2.62. The molecule has 2 aliphatic heterocycles. The lowest BCUT2D eigenvalue weighted by Crippen LogP contribution is -2.43. The highest BCUT2D eigenvalue weighted by Crippen LogP contribution is 2.22. The first-order valence-electron chi connectivity index (χ1n) is 10.3. The molecule has 6 heteroatoms. The highest BCUT2D eigenvalue weighted by molar-refractivity contribution is 5.97. The van der Waals surface area contributed by atoms with E-state index in [1.165, 1.54) is 0 Å². The van der Waals surface area contributed by atoms with Gasteiger partial charge >= 0.3 is 0 Å². The van der Waals surface area contributed by atoms with Gasteiger partial charge in [-0.3, -0.25) is 14.5 Å². The molecule has 4 rings (SSSR count). The Labute approximate surface area is 171 Å². The summed E-state index contributed by atoms with van der Waals surface area (Å²) >= 11 is 0. The molecular formula is C23H27N3O3. The lowest BCUT2D eigenvalue weighted by molar-refractivity contribution is -0.117. The Morgan fingerprint density at radius 2 is 1.72 bits per heavy atom. The van der Waals surface area contributed by atoms with Crippen LogP contribution in [0.3, 0.4) is 0 Å². The molecule has 2 heterocycles. The summed E-state index contributed by atoms with van der Waals surface area (Å²) in [4.78, 5) is 29.0. The molecule has 0 saturated carbocycles. The Morgan fingerprint density at radius 1 is 1.00 bits per heavy atom. The van der Waals surface area contributed by atoms with Gasteiger partial charge in [0.15, 0.2) is 0 Å². The molecule has 2 aromatic rings. The normalized spacial score (nSPS) is 18.6. The lowest BCUT2D eigenvalue weighted by atomic mass is 10.1. The van der Waals surface area contributed by atoms with Crippen LogP contribution >= 0.6 is 0 Å². The van der Waals surface area contributed by atoms with E-state index in [0.29, 0.717) is 12.0 Å². The van der Waals surface area contributed by atoms with Crippen LogP contribution in [-0.2, 0) is 9.53 Å². The van der Waals surface area contributed by atoms with Gasteiger partial charge in [-0.25, -0.2) is 0 Å². The molecule has 2 aromatic carbocycles. The van der Waals surface area contributed by atoms with E-state index in [-0.39, 0.29) is 17.9 Å². The van der Waals surface area contributed by atoms with E-state index >= 15 is 0 Å². The molecule has 0 bridgehead atoms. The van der Waals surface area contributed by atoms with E-state index < -0.39 is 0 Å². The van der Waals surface area contributed by atoms with Crippen LogP contribution in [0.2, 0.25) is 0 Å². The quantitative estimate of drug-likeness (QED) is 0.820. The second-order valence-corrected chi connectivity index (χ2v) is 7.55. The number of hydrogen-bond donors (Lipinski definition) is 1. The summed E-state index contributed by atoms with van der Waals surface area (Å²) in [6.07, 6.45) is 1.49. The SMILES string of the molecule is O=C(N[C@H](CN1CCOCC1)c1ccccc1)c1ccc(N2CCCC2=O)cc1. The number of carbonyl (C=O) groups excluding carboxylic acids is 2. The number of amides is 2. The maximum Gasteiger partial charge on any atom is 0.251 e. The summed E-state index contributed by atoms with van der Waals surface area (Å²) in [5.74, 6) is 0.0447. The zero-order valence-corrected chi connectivity index (χ0v) is 16.5. The third-order valence-corrected chi connectivity index (χ3v) is 5.57. The molecule has 6 nitrogen and oxygen atoms in total. The van der Waals surface area contributed by atoms with Crippen molar-refractivity contribution < 1.29 is 14.3 Å². The molecule has 1 atom stereocenters. The topological polar surface area (TPSA) is 61.9 Å². The van der Waals surface area contributed by atoms with Gasteiger partial charge in [0, 0.05) is 43.9 Å². The Morgan fingerprint density at radius 3 is 2.38 bits per heavy atom. The van der Waals surface area contributed by atoms with Gasteiger partial charge in [-0.15, -0.1) is 0 Å². The van der Waals surface area contributed by atoms with Crippen molar-refractivity contribution >= 4 is 17.5 Å². The molecule has 2 aliphatic rings. The fraction of sp³-hybridized carbons (Fsp3) is 0.391. The number of benzene rings is 2. The molecule has 0 radical (unpaired) electrons. The van der Waals surface area contributed by atoms with E-state index in [2.05, 4.69) is 10.2 Å². The van der Waals surface area contributed by atoms with Crippen LogP contribution in [0.15, 0.2) is 54.6 Å². The Hall–Kier alpha value is -2.70. The largest absolute Gasteiger partial charge is 0.379 e. The monoisotopic (exact) mass is 393 g/mol. The zero-order chi connectivity index (χ0) is 20.1. The molecule has 2 saturated heterocycles. The van der Waals surface area contributed by atoms with Gasteiger partial charge in [0.25, 0.3) is 5.91 Å². The summed E-state index contributed by atoms with van der Waals surface area (Å²) in [6, 6.07) is 17.3. The van der Waals surface area contributed by atoms with Crippen molar-refractivity contribution in [1.82, 2.24) is 10.2 Å². The van der Waals surface area contributed by atoms with Gasteiger partial charge in [0.1, 0.15) is 0 Å². The Kier molecular flexibility index (Phi) is 6.22. The average Bonchev–Trinajstić information content (AvgIpc) is 3.20. The van der Waals surface area contributed by atoms with Gasteiger partial charge in [-0.1, -0.05) is 30.3 Å². The zero-order valence-electron chi connectivity index (χ0n) is 16.5. The summed E-state index contributed by atoms with van der Waals surface area (Å²) in [7, 11) is 0. The number of ether oxygens (including phenoxy) is 1. The fourth-order valence-corrected chi connectivity index (χ4v) is 3.92. The van der Waals surface area contributed by atoms with Gasteiger partial charge in [-0.05, 0) is 36.2 Å². The van der Waals surface area contributed by atoms with Crippen LogP contribution in [0, 0.1) is 0 Å². The second kappa shape index (κ2) is 9.20. The third kappa shape index (κ3) is 4.83. The van der Waals surface area contributed by atoms with Crippen molar-refractivity contribution in [3.8, 4) is 0 Å². The van der Waals surface area contributed by atoms with E-state index in [1.54, 1.807) is 17.0 Å². The molecule has 29 heavy (non-hydrogen) atoms. The van der Waals surface area contributed by atoms with Gasteiger partial charge in [0.05, 0.1) is 19.3 Å². The van der Waals surface area contributed by atoms with Crippen LogP contribution in [-0.4, -0.2) is 56.1 Å². The summed E-state index contributed by atoms with van der Waals surface area (Å²) in [5.41, 5.74) is 2.55. The standard InChI is InChI=1S/C23H27N3O3/c27-22-7-4-12-26(22)20-10-8-19(9-11-20)23(28)24-21(18-5-2-1-3-6-18)17-25-13-15-29-16-14-25/h1-3,5-6,8-11,21H,4,7,12-17H2,(H,24,28)/t21-/m1/s1. The van der Waals surface area contributed by atoms with Gasteiger partial charge in [0.2, 0.25) is 5.91 Å². The van der Waals surface area contributed by atoms with Crippen molar-refractivity contribution in [1.29, 1.82) is 0 Å². The molecule has 0 aromatic heterocycles. The number of nitrogens with zero attached hydrogens (tertiary/aromatic N) is 2. The molecular weight excluding hydrogens is 366 g/mol. The molecule has 2 amide bonds. The van der Waals surface area contributed by atoms with Gasteiger partial charge < -0.3 is 15.0 Å². The lowest BCUT2D eigenvalue weighted by Gasteiger charge is -2.31. The molecule has 152 valence electrons. The van der Waals surface area contributed by atoms with Crippen LogP contribution in [0.25, 0.3) is 0 Å². The van der Waals surface area contributed by atoms with Crippen molar-refractivity contribution in [3.05, 3.63) is 65.7 Å². The smallest absolute Gasteiger partial charge is 0.251 e. The maximum absolute atomic E-state index is 12.9. The van der Waals surface area contributed by atoms with E-state index in [4.69, 9.17) is 4.74 Å². The first-order chi connectivity index (χ1) is 14.2. The summed E-state index contributed by atoms with van der Waals surface area (Å²) in [5, 5.41) is 3.19. The van der Waals surface area contributed by atoms with Gasteiger partial charge in [-0.2, -0.15) is 0 Å². The second-order valence-electron chi connectivity index (χ2n) is 7.55. The van der Waals surface area contributed by atoms with Crippen LogP contribution in [0.4, 0.5) is 5.69 Å². The maximum atomic E-state index is 12.9. The Bertz CT molecular complexity index is 832. The first-order valence-corrected chi connectivity index (χ1v) is 10.3. The molecule has 1 N–H and O–H groups in total. The van der Waals surface area contributed by atoms with Crippen molar-refractivity contribution in [2.24, 2.45) is 0 Å². The summed E-state index contributed by atoms with van der Waals surface area (Å²) < 4.78 is 5.44. The number of rotatable bonds is 6. The van der Waals surface area contributed by atoms with Crippen molar-refractivity contribution in [2.75, 3.05) is 44.3 Å². The van der Waals surface area contributed by atoms with Crippen molar-refractivity contribution in [3.63, 3.8) is 0 Å². The average molecular weight is 393 g/mol. The van der Waals surface area contributed by atoms with Crippen molar-refractivity contribution in [2.45, 2.75) is 18.9 Å². The number of hydrogen-bond acceptors (Lipinski definition) is 4. The van der Waals surface area contributed by atoms with Crippen LogP contribution in [0.1, 0.15) is 34.8 Å². The number of anilines is 1.